The van der Waals surface area contributed by atoms with Crippen molar-refractivity contribution in [1.29, 1.82) is 0 Å². The highest BCUT2D eigenvalue weighted by Gasteiger charge is 2.30. The largest absolute Gasteiger partial charge is 0.493 e. The summed E-state index contributed by atoms with van der Waals surface area (Å²) in [5.41, 5.74) is 2.92. The Bertz CT molecular complexity index is 406. The van der Waals surface area contributed by atoms with Gasteiger partial charge in [-0.25, -0.2) is 0 Å². The summed E-state index contributed by atoms with van der Waals surface area (Å²) < 4.78 is 6.08. The Labute approximate surface area is 123 Å². The summed E-state index contributed by atoms with van der Waals surface area (Å²) in [7, 11) is 0. The zero-order valence-electron chi connectivity index (χ0n) is 12.2. The summed E-state index contributed by atoms with van der Waals surface area (Å²) in [6.07, 6.45) is 7.94. The van der Waals surface area contributed by atoms with Gasteiger partial charge in [-0.05, 0) is 55.7 Å². The highest BCUT2D eigenvalue weighted by atomic mass is 32.1. The fraction of sp³-hybridized carbons (Fsp3) is 0.647. The second-order valence-corrected chi connectivity index (χ2v) is 6.42. The van der Waals surface area contributed by atoms with Crippen LogP contribution in [0.25, 0.3) is 0 Å². The summed E-state index contributed by atoms with van der Waals surface area (Å²) >= 11 is 4.60. The van der Waals surface area contributed by atoms with E-state index in [4.69, 9.17) is 4.74 Å². The first-order valence-corrected chi connectivity index (χ1v) is 8.09. The van der Waals surface area contributed by atoms with Crippen LogP contribution in [0.2, 0.25) is 0 Å². The minimum atomic E-state index is 0.290. The predicted octanol–water partition coefficient (Wildman–Crippen LogP) is 4.95. The maximum atomic E-state index is 6.08. The third-order valence-corrected chi connectivity index (χ3v) is 5.19. The van der Waals surface area contributed by atoms with Crippen molar-refractivity contribution < 1.29 is 4.74 Å². The van der Waals surface area contributed by atoms with Gasteiger partial charge in [0.25, 0.3) is 0 Å². The number of rotatable bonds is 4. The molecule has 0 N–H and O–H groups in total. The highest BCUT2D eigenvalue weighted by Crippen LogP contribution is 2.36. The molecule has 19 heavy (non-hydrogen) atoms. The first-order valence-electron chi connectivity index (χ1n) is 7.46. The highest BCUT2D eigenvalue weighted by molar-refractivity contribution is 7.80. The molecule has 0 radical (unpaired) electrons. The van der Waals surface area contributed by atoms with E-state index in [2.05, 4.69) is 44.7 Å². The van der Waals surface area contributed by atoms with Crippen molar-refractivity contribution in [2.45, 2.75) is 52.4 Å². The quantitative estimate of drug-likeness (QED) is 0.605. The molecule has 0 atom stereocenters. The number of hydrogen-bond donors (Lipinski definition) is 1. The minimum Gasteiger partial charge on any atom is -0.493 e. The van der Waals surface area contributed by atoms with Crippen molar-refractivity contribution in [3.63, 3.8) is 0 Å². The number of aryl methyl sites for hydroxylation is 2. The van der Waals surface area contributed by atoms with Gasteiger partial charge in [0.05, 0.1) is 6.61 Å². The van der Waals surface area contributed by atoms with Crippen LogP contribution in [0, 0.1) is 19.3 Å². The standard InChI is InChI=1S/C17H26OS/c1-14-7-8-16(11-15(14)2)18-12-17(13-19)9-5-3-4-6-10-17/h7-8,11,19H,3-6,9-10,12-13H2,1-2H3. The van der Waals surface area contributed by atoms with Crippen molar-refractivity contribution in [2.24, 2.45) is 5.41 Å². The van der Waals surface area contributed by atoms with E-state index in [-0.39, 0.29) is 0 Å². The van der Waals surface area contributed by atoms with E-state index in [1.165, 1.54) is 49.7 Å². The molecule has 1 aromatic rings. The molecule has 1 aromatic carbocycles. The molecule has 1 fully saturated rings. The fourth-order valence-corrected chi connectivity index (χ4v) is 3.27. The van der Waals surface area contributed by atoms with Crippen molar-refractivity contribution in [2.75, 3.05) is 12.4 Å². The Kier molecular flexibility index (Phi) is 5.20. The number of thiol groups is 1. The van der Waals surface area contributed by atoms with Gasteiger partial charge in [0, 0.05) is 5.41 Å². The molecular weight excluding hydrogens is 252 g/mol. The van der Waals surface area contributed by atoms with E-state index < -0.39 is 0 Å². The molecule has 0 heterocycles. The molecule has 106 valence electrons. The van der Waals surface area contributed by atoms with Gasteiger partial charge in [-0.15, -0.1) is 0 Å². The molecule has 0 amide bonds. The van der Waals surface area contributed by atoms with Crippen LogP contribution in [0.5, 0.6) is 5.75 Å². The SMILES string of the molecule is Cc1ccc(OCC2(CS)CCCCCC2)cc1C. The van der Waals surface area contributed by atoms with E-state index >= 15 is 0 Å². The van der Waals surface area contributed by atoms with Crippen LogP contribution in [-0.2, 0) is 0 Å². The first-order chi connectivity index (χ1) is 9.15. The van der Waals surface area contributed by atoms with Crippen molar-refractivity contribution >= 4 is 12.6 Å². The van der Waals surface area contributed by atoms with E-state index in [1.54, 1.807) is 0 Å². The second-order valence-electron chi connectivity index (χ2n) is 6.11. The molecule has 0 spiro atoms. The number of hydrogen-bond acceptors (Lipinski definition) is 2. The van der Waals surface area contributed by atoms with E-state index in [1.807, 2.05) is 0 Å². The molecule has 1 aliphatic carbocycles. The maximum absolute atomic E-state index is 6.08. The zero-order chi connectivity index (χ0) is 13.7. The van der Waals surface area contributed by atoms with E-state index in [9.17, 15) is 0 Å². The molecule has 0 unspecified atom stereocenters. The molecule has 2 rings (SSSR count). The lowest BCUT2D eigenvalue weighted by atomic mass is 9.83. The molecule has 0 aliphatic heterocycles. The Hall–Kier alpha value is -0.630. The van der Waals surface area contributed by atoms with Crippen molar-refractivity contribution in [3.05, 3.63) is 29.3 Å². The van der Waals surface area contributed by atoms with E-state index in [0.29, 0.717) is 5.41 Å². The Balaban J connectivity index is 2.00. The molecule has 1 aliphatic rings. The van der Waals surface area contributed by atoms with Gasteiger partial charge in [-0.3, -0.25) is 0 Å². The third-order valence-electron chi connectivity index (χ3n) is 4.52. The molecule has 2 heteroatoms. The molecule has 0 saturated heterocycles. The van der Waals surface area contributed by atoms with Crippen LogP contribution in [0.4, 0.5) is 0 Å². The Morgan fingerprint density at radius 2 is 1.74 bits per heavy atom. The molecule has 0 aromatic heterocycles. The lowest BCUT2D eigenvalue weighted by Crippen LogP contribution is -2.30. The lowest BCUT2D eigenvalue weighted by molar-refractivity contribution is 0.148. The van der Waals surface area contributed by atoms with Crippen LogP contribution in [-0.4, -0.2) is 12.4 Å². The summed E-state index contributed by atoms with van der Waals surface area (Å²) in [4.78, 5) is 0. The Morgan fingerprint density at radius 3 is 2.32 bits per heavy atom. The van der Waals surface area contributed by atoms with Gasteiger partial charge in [0.2, 0.25) is 0 Å². The van der Waals surface area contributed by atoms with Gasteiger partial charge in [0.15, 0.2) is 0 Å². The smallest absolute Gasteiger partial charge is 0.119 e. The topological polar surface area (TPSA) is 9.23 Å². The van der Waals surface area contributed by atoms with Crippen LogP contribution >= 0.6 is 12.6 Å². The van der Waals surface area contributed by atoms with Crippen LogP contribution < -0.4 is 4.74 Å². The summed E-state index contributed by atoms with van der Waals surface area (Å²) in [6.45, 7) is 5.10. The van der Waals surface area contributed by atoms with E-state index in [0.717, 1.165) is 18.1 Å². The second kappa shape index (κ2) is 6.69. The van der Waals surface area contributed by atoms with Crippen LogP contribution in [0.15, 0.2) is 18.2 Å². The average Bonchev–Trinajstić information content (AvgIpc) is 2.66. The minimum absolute atomic E-state index is 0.290. The Morgan fingerprint density at radius 1 is 1.05 bits per heavy atom. The monoisotopic (exact) mass is 278 g/mol. The maximum Gasteiger partial charge on any atom is 0.119 e. The molecule has 1 saturated carbocycles. The van der Waals surface area contributed by atoms with Crippen molar-refractivity contribution in [3.8, 4) is 5.75 Å². The van der Waals surface area contributed by atoms with Crippen LogP contribution in [0.1, 0.15) is 49.7 Å². The number of benzene rings is 1. The molecular formula is C17H26OS. The third kappa shape index (κ3) is 3.92. The van der Waals surface area contributed by atoms with Crippen molar-refractivity contribution in [1.82, 2.24) is 0 Å². The van der Waals surface area contributed by atoms with Gasteiger partial charge in [0.1, 0.15) is 5.75 Å². The molecule has 0 bridgehead atoms. The van der Waals surface area contributed by atoms with Gasteiger partial charge in [-0.2, -0.15) is 12.6 Å². The van der Waals surface area contributed by atoms with Gasteiger partial charge >= 0.3 is 0 Å². The first kappa shape index (κ1) is 14.8. The lowest BCUT2D eigenvalue weighted by Gasteiger charge is -2.31. The summed E-state index contributed by atoms with van der Waals surface area (Å²) in [5.74, 6) is 1.95. The van der Waals surface area contributed by atoms with Gasteiger partial charge < -0.3 is 4.74 Å². The zero-order valence-corrected chi connectivity index (χ0v) is 13.1. The predicted molar refractivity (Wildman–Crippen MR) is 85.4 cm³/mol. The van der Waals surface area contributed by atoms with Crippen LogP contribution in [0.3, 0.4) is 0 Å². The number of ether oxygens (including phenoxy) is 1. The summed E-state index contributed by atoms with van der Waals surface area (Å²) in [5, 5.41) is 0. The average molecular weight is 278 g/mol. The van der Waals surface area contributed by atoms with Gasteiger partial charge in [-0.1, -0.05) is 31.7 Å². The normalized spacial score (nSPS) is 18.9. The molecule has 1 nitrogen and oxygen atoms in total. The summed E-state index contributed by atoms with van der Waals surface area (Å²) in [6, 6.07) is 6.38. The fourth-order valence-electron chi connectivity index (χ4n) is 2.87.